The maximum Gasteiger partial charge on any atom is 0.321 e. The smallest absolute Gasteiger partial charge is 0.321 e. The predicted octanol–water partition coefficient (Wildman–Crippen LogP) is 3.26. The Morgan fingerprint density at radius 2 is 2.06 bits per heavy atom. The minimum absolute atomic E-state index is 0.0654. The third-order valence-corrected chi connectivity index (χ3v) is 6.86. The van der Waals surface area contributed by atoms with Crippen molar-refractivity contribution in [2.45, 2.75) is 32.3 Å². The molecule has 8 nitrogen and oxygen atoms in total. The van der Waals surface area contributed by atoms with Crippen LogP contribution >= 0.6 is 23.1 Å². The van der Waals surface area contributed by atoms with Crippen LogP contribution in [0.5, 0.6) is 5.75 Å². The summed E-state index contributed by atoms with van der Waals surface area (Å²) in [7, 11) is 1.56. The zero-order chi connectivity index (χ0) is 22.5. The summed E-state index contributed by atoms with van der Waals surface area (Å²) in [4.78, 5) is 43.7. The highest BCUT2D eigenvalue weighted by molar-refractivity contribution is 7.99. The molecule has 164 valence electrons. The van der Waals surface area contributed by atoms with E-state index in [-0.39, 0.29) is 11.3 Å². The summed E-state index contributed by atoms with van der Waals surface area (Å²) in [6.45, 7) is 6.15. The Bertz CT molecular complexity index is 1190. The Balaban J connectivity index is 2.07. The van der Waals surface area contributed by atoms with Crippen molar-refractivity contribution in [1.82, 2.24) is 20.2 Å². The number of thioether (sulfide) groups is 1. The molecule has 2 heterocycles. The molecule has 0 atom stereocenters. The predicted molar refractivity (Wildman–Crippen MR) is 124 cm³/mol. The molecule has 3 amide bonds. The highest BCUT2D eigenvalue weighted by Gasteiger charge is 2.20. The average Bonchev–Trinajstić information content (AvgIpc) is 3.08. The fourth-order valence-electron chi connectivity index (χ4n) is 3.12. The number of hydrogen-bond donors (Lipinski definition) is 2. The minimum atomic E-state index is -0.553. The number of benzene rings is 1. The van der Waals surface area contributed by atoms with Gasteiger partial charge >= 0.3 is 6.03 Å². The van der Waals surface area contributed by atoms with Gasteiger partial charge < -0.3 is 10.1 Å². The van der Waals surface area contributed by atoms with Crippen molar-refractivity contribution in [1.29, 1.82) is 0 Å². The van der Waals surface area contributed by atoms with E-state index in [9.17, 15) is 14.4 Å². The number of aryl methyl sites for hydroxylation is 2. The molecule has 0 saturated carbocycles. The number of rotatable bonds is 7. The zero-order valence-corrected chi connectivity index (χ0v) is 19.4. The van der Waals surface area contributed by atoms with Crippen molar-refractivity contribution in [2.24, 2.45) is 0 Å². The summed E-state index contributed by atoms with van der Waals surface area (Å²) in [5.41, 5.74) is 1.33. The van der Waals surface area contributed by atoms with Crippen LogP contribution in [0.3, 0.4) is 0 Å². The molecule has 0 aliphatic carbocycles. The van der Waals surface area contributed by atoms with Gasteiger partial charge in [0.15, 0.2) is 5.16 Å². The van der Waals surface area contributed by atoms with Gasteiger partial charge in [-0.25, -0.2) is 9.78 Å². The van der Waals surface area contributed by atoms with Gasteiger partial charge in [0, 0.05) is 17.5 Å². The molecule has 2 N–H and O–H groups in total. The molecule has 3 aromatic rings. The highest BCUT2D eigenvalue weighted by Crippen LogP contribution is 2.31. The number of ether oxygens (including phenoxy) is 1. The quantitative estimate of drug-likeness (QED) is 0.414. The second kappa shape index (κ2) is 9.97. The van der Waals surface area contributed by atoms with Gasteiger partial charge in [0.05, 0.1) is 23.9 Å². The molecule has 0 saturated heterocycles. The molecule has 0 aliphatic rings. The number of methoxy groups -OCH3 is 1. The topological polar surface area (TPSA) is 102 Å². The lowest BCUT2D eigenvalue weighted by molar-refractivity contribution is -0.117. The highest BCUT2D eigenvalue weighted by atomic mass is 32.2. The van der Waals surface area contributed by atoms with Gasteiger partial charge in [0.2, 0.25) is 5.91 Å². The molecule has 1 aromatic carbocycles. The Morgan fingerprint density at radius 3 is 2.74 bits per heavy atom. The van der Waals surface area contributed by atoms with Crippen molar-refractivity contribution in [3.63, 3.8) is 0 Å². The Kier molecular flexibility index (Phi) is 7.34. The van der Waals surface area contributed by atoms with E-state index in [0.29, 0.717) is 33.4 Å². The Labute approximate surface area is 188 Å². The number of fused-ring (bicyclic) bond motifs is 1. The molecule has 0 aliphatic heterocycles. The fourth-order valence-corrected chi connectivity index (χ4v) is 5.09. The van der Waals surface area contributed by atoms with Crippen LogP contribution in [0, 0.1) is 6.92 Å². The number of carbonyl (C=O) groups is 2. The standard InChI is InChI=1S/C21H24N4O4S2/c1-5-15-12(3)17-18(31-15)24-21(30-11-16(26)23-20(28)22-6-2)25(19(17)27)13-8-7-9-14(10-13)29-4/h7-10H,5-6,11H2,1-4H3,(H2,22,23,26,28). The number of aromatic nitrogens is 2. The second-order valence-electron chi connectivity index (χ2n) is 6.62. The van der Waals surface area contributed by atoms with Crippen LogP contribution in [0.1, 0.15) is 24.3 Å². The van der Waals surface area contributed by atoms with Crippen molar-refractivity contribution in [2.75, 3.05) is 19.4 Å². The van der Waals surface area contributed by atoms with Gasteiger partial charge in [-0.05, 0) is 38.0 Å². The minimum Gasteiger partial charge on any atom is -0.497 e. The van der Waals surface area contributed by atoms with Crippen LogP contribution in [0.25, 0.3) is 15.9 Å². The lowest BCUT2D eigenvalue weighted by Gasteiger charge is -2.13. The zero-order valence-electron chi connectivity index (χ0n) is 17.8. The first-order chi connectivity index (χ1) is 14.9. The maximum atomic E-state index is 13.5. The molecular weight excluding hydrogens is 436 g/mol. The lowest BCUT2D eigenvalue weighted by atomic mass is 10.2. The van der Waals surface area contributed by atoms with E-state index in [0.717, 1.165) is 28.6 Å². The van der Waals surface area contributed by atoms with Gasteiger partial charge in [-0.15, -0.1) is 11.3 Å². The first-order valence-electron chi connectivity index (χ1n) is 9.79. The van der Waals surface area contributed by atoms with E-state index < -0.39 is 11.9 Å². The largest absolute Gasteiger partial charge is 0.497 e. The SMILES string of the molecule is CCNC(=O)NC(=O)CSc1nc2sc(CC)c(C)c2c(=O)n1-c1cccc(OC)c1. The van der Waals surface area contributed by atoms with Crippen molar-refractivity contribution in [3.8, 4) is 11.4 Å². The van der Waals surface area contributed by atoms with E-state index >= 15 is 0 Å². The summed E-state index contributed by atoms with van der Waals surface area (Å²) in [6.07, 6.45) is 0.808. The molecule has 2 aromatic heterocycles. The van der Waals surface area contributed by atoms with Crippen molar-refractivity contribution < 1.29 is 14.3 Å². The molecular formula is C21H24N4O4S2. The summed E-state index contributed by atoms with van der Waals surface area (Å²) < 4.78 is 6.80. The van der Waals surface area contributed by atoms with Crippen molar-refractivity contribution >= 4 is 45.3 Å². The third kappa shape index (κ3) is 4.91. The number of thiophene rings is 1. The van der Waals surface area contributed by atoms with Crippen LogP contribution in [-0.2, 0) is 11.2 Å². The average molecular weight is 461 g/mol. The number of carbonyl (C=O) groups excluding carboxylic acids is 2. The lowest BCUT2D eigenvalue weighted by Crippen LogP contribution is -2.40. The number of hydrogen-bond acceptors (Lipinski definition) is 7. The normalized spacial score (nSPS) is 10.8. The van der Waals surface area contributed by atoms with Gasteiger partial charge in [0.25, 0.3) is 5.56 Å². The third-order valence-electron chi connectivity index (χ3n) is 4.59. The first-order valence-corrected chi connectivity index (χ1v) is 11.6. The van der Waals surface area contributed by atoms with Crippen LogP contribution in [0.4, 0.5) is 4.79 Å². The number of nitrogens with zero attached hydrogens (tertiary/aromatic N) is 2. The second-order valence-corrected chi connectivity index (χ2v) is 8.64. The van der Waals surface area contributed by atoms with E-state index in [1.165, 1.54) is 15.9 Å². The number of nitrogens with one attached hydrogen (secondary N) is 2. The summed E-state index contributed by atoms with van der Waals surface area (Å²) >= 11 is 2.59. The molecule has 0 spiro atoms. The summed E-state index contributed by atoms with van der Waals surface area (Å²) in [5, 5.41) is 5.73. The molecule has 3 rings (SSSR count). The van der Waals surface area contributed by atoms with E-state index in [2.05, 4.69) is 10.6 Å². The molecule has 31 heavy (non-hydrogen) atoms. The van der Waals surface area contributed by atoms with Gasteiger partial charge in [-0.2, -0.15) is 0 Å². The van der Waals surface area contributed by atoms with E-state index in [1.807, 2.05) is 13.8 Å². The van der Waals surface area contributed by atoms with Crippen LogP contribution < -0.4 is 20.9 Å². The van der Waals surface area contributed by atoms with Crippen molar-refractivity contribution in [3.05, 3.63) is 45.1 Å². The summed E-state index contributed by atoms with van der Waals surface area (Å²) in [5.74, 6) is 0.0640. The molecule has 0 bridgehead atoms. The van der Waals surface area contributed by atoms with Crippen LogP contribution in [0.15, 0.2) is 34.2 Å². The Hall–Kier alpha value is -2.85. The number of urea groups is 1. The van der Waals surface area contributed by atoms with E-state index in [1.54, 1.807) is 38.3 Å². The van der Waals surface area contributed by atoms with Crippen LogP contribution in [0.2, 0.25) is 0 Å². The number of imide groups is 1. The molecule has 0 fully saturated rings. The van der Waals surface area contributed by atoms with Gasteiger partial charge in [0.1, 0.15) is 10.6 Å². The maximum absolute atomic E-state index is 13.5. The van der Waals surface area contributed by atoms with Crippen LogP contribution in [-0.4, -0.2) is 40.9 Å². The molecule has 0 radical (unpaired) electrons. The van der Waals surface area contributed by atoms with Gasteiger partial charge in [-0.1, -0.05) is 24.8 Å². The van der Waals surface area contributed by atoms with Gasteiger partial charge in [-0.3, -0.25) is 19.5 Å². The number of amides is 3. The summed E-state index contributed by atoms with van der Waals surface area (Å²) in [6, 6.07) is 6.56. The van der Waals surface area contributed by atoms with E-state index in [4.69, 9.17) is 9.72 Å². The Morgan fingerprint density at radius 1 is 1.29 bits per heavy atom. The molecule has 10 heteroatoms. The monoisotopic (exact) mass is 460 g/mol. The molecule has 0 unspecified atom stereocenters. The first kappa shape index (κ1) is 22.8. The fraction of sp³-hybridized carbons (Fsp3) is 0.333.